The molecule has 7 heteroatoms. The van der Waals surface area contributed by atoms with Crippen molar-refractivity contribution in [1.82, 2.24) is 0 Å². The van der Waals surface area contributed by atoms with Crippen LogP contribution in [0.1, 0.15) is 28.8 Å². The van der Waals surface area contributed by atoms with Gasteiger partial charge in [-0.3, -0.25) is 9.59 Å². The molecule has 1 aliphatic heterocycles. The molecular formula is C25H23FN2O4. The summed E-state index contributed by atoms with van der Waals surface area (Å²) >= 11 is 0. The molecule has 164 valence electrons. The number of methoxy groups -OCH3 is 1. The zero-order valence-corrected chi connectivity index (χ0v) is 17.6. The van der Waals surface area contributed by atoms with Gasteiger partial charge in [-0.25, -0.2) is 4.39 Å². The molecular weight excluding hydrogens is 411 g/mol. The van der Waals surface area contributed by atoms with Crippen molar-refractivity contribution < 1.29 is 23.5 Å². The topological polar surface area (TPSA) is 67.9 Å². The Morgan fingerprint density at radius 1 is 1.09 bits per heavy atom. The van der Waals surface area contributed by atoms with Crippen LogP contribution < -0.4 is 19.7 Å². The predicted molar refractivity (Wildman–Crippen MR) is 120 cm³/mol. The molecule has 0 atom stereocenters. The van der Waals surface area contributed by atoms with Gasteiger partial charge in [0.15, 0.2) is 0 Å². The molecule has 2 amide bonds. The van der Waals surface area contributed by atoms with E-state index in [9.17, 15) is 14.0 Å². The molecule has 0 aliphatic carbocycles. The second-order valence-electron chi connectivity index (χ2n) is 7.43. The highest BCUT2D eigenvalue weighted by Crippen LogP contribution is 2.34. The molecule has 6 nitrogen and oxygen atoms in total. The summed E-state index contributed by atoms with van der Waals surface area (Å²) in [6, 6.07) is 18.1. The van der Waals surface area contributed by atoms with Crippen LogP contribution in [-0.4, -0.2) is 25.5 Å². The fraction of sp³-hybridized carbons (Fsp3) is 0.200. The Labute approximate surface area is 185 Å². The molecule has 1 heterocycles. The molecule has 0 bridgehead atoms. The Morgan fingerprint density at radius 2 is 1.91 bits per heavy atom. The molecule has 0 spiro atoms. The number of benzene rings is 3. The van der Waals surface area contributed by atoms with Gasteiger partial charge >= 0.3 is 0 Å². The van der Waals surface area contributed by atoms with Gasteiger partial charge < -0.3 is 19.7 Å². The standard InChI is InChI=1S/C25H23FN2O4/c1-31-23-15-20(11-12-22(23)28-13-3-6-24(28)29)27-25(30)18-4-2-5-21(14-18)32-16-17-7-9-19(26)10-8-17/h2,4-5,7-12,14-15H,3,6,13,16H2,1H3,(H,27,30). The molecule has 0 radical (unpaired) electrons. The van der Waals surface area contributed by atoms with Crippen molar-refractivity contribution >= 4 is 23.2 Å². The van der Waals surface area contributed by atoms with Crippen LogP contribution in [0.5, 0.6) is 11.5 Å². The van der Waals surface area contributed by atoms with Gasteiger partial charge in [0.2, 0.25) is 5.91 Å². The van der Waals surface area contributed by atoms with Gasteiger partial charge in [-0.1, -0.05) is 18.2 Å². The summed E-state index contributed by atoms with van der Waals surface area (Å²) in [4.78, 5) is 26.5. The van der Waals surface area contributed by atoms with E-state index in [1.54, 1.807) is 59.5 Å². The lowest BCUT2D eigenvalue weighted by Crippen LogP contribution is -2.24. The largest absolute Gasteiger partial charge is 0.494 e. The Hall–Kier alpha value is -3.87. The van der Waals surface area contributed by atoms with E-state index in [1.807, 2.05) is 0 Å². The first kappa shape index (κ1) is 21.4. The maximum atomic E-state index is 13.0. The molecule has 3 aromatic rings. The second kappa shape index (κ2) is 9.51. The molecule has 3 aromatic carbocycles. The van der Waals surface area contributed by atoms with E-state index in [2.05, 4.69) is 5.32 Å². The van der Waals surface area contributed by atoms with Gasteiger partial charge in [-0.05, 0) is 54.4 Å². The van der Waals surface area contributed by atoms with Crippen molar-refractivity contribution in [1.29, 1.82) is 0 Å². The third kappa shape index (κ3) is 4.88. The third-order valence-electron chi connectivity index (χ3n) is 5.22. The van der Waals surface area contributed by atoms with Gasteiger partial charge in [0.1, 0.15) is 23.9 Å². The van der Waals surface area contributed by atoms with Crippen LogP contribution in [0.4, 0.5) is 15.8 Å². The number of carbonyl (C=O) groups excluding carboxylic acids is 2. The number of carbonyl (C=O) groups is 2. The molecule has 1 fully saturated rings. The molecule has 0 saturated carbocycles. The SMILES string of the molecule is COc1cc(NC(=O)c2cccc(OCc3ccc(F)cc3)c2)ccc1N1CCCC1=O. The lowest BCUT2D eigenvalue weighted by atomic mass is 10.2. The average molecular weight is 434 g/mol. The molecule has 4 rings (SSSR count). The smallest absolute Gasteiger partial charge is 0.255 e. The maximum absolute atomic E-state index is 13.0. The van der Waals surface area contributed by atoms with E-state index >= 15 is 0 Å². The van der Waals surface area contributed by atoms with Crippen LogP contribution >= 0.6 is 0 Å². The van der Waals surface area contributed by atoms with E-state index < -0.39 is 0 Å². The van der Waals surface area contributed by atoms with Crippen molar-refractivity contribution in [2.75, 3.05) is 23.9 Å². The number of hydrogen-bond acceptors (Lipinski definition) is 4. The molecule has 0 aromatic heterocycles. The van der Waals surface area contributed by atoms with Crippen LogP contribution in [0.15, 0.2) is 66.7 Å². The first-order valence-corrected chi connectivity index (χ1v) is 10.3. The zero-order chi connectivity index (χ0) is 22.5. The van der Waals surface area contributed by atoms with Crippen molar-refractivity contribution in [3.05, 3.63) is 83.7 Å². The first-order chi connectivity index (χ1) is 15.5. The minimum absolute atomic E-state index is 0.0672. The van der Waals surface area contributed by atoms with E-state index in [-0.39, 0.29) is 24.2 Å². The van der Waals surface area contributed by atoms with Crippen LogP contribution in [0.25, 0.3) is 0 Å². The summed E-state index contributed by atoms with van der Waals surface area (Å²) in [5.74, 6) is 0.516. The monoisotopic (exact) mass is 434 g/mol. The van der Waals surface area contributed by atoms with Crippen molar-refractivity contribution in [2.45, 2.75) is 19.4 Å². The number of anilines is 2. The van der Waals surface area contributed by atoms with Gasteiger partial charge in [-0.15, -0.1) is 0 Å². The normalized spacial score (nSPS) is 13.2. The molecule has 1 N–H and O–H groups in total. The molecule has 0 unspecified atom stereocenters. The number of amides is 2. The summed E-state index contributed by atoms with van der Waals surface area (Å²) < 4.78 is 24.2. The van der Waals surface area contributed by atoms with Crippen molar-refractivity contribution in [3.8, 4) is 11.5 Å². The minimum atomic E-state index is -0.302. The number of rotatable bonds is 7. The van der Waals surface area contributed by atoms with Crippen molar-refractivity contribution in [3.63, 3.8) is 0 Å². The zero-order valence-electron chi connectivity index (χ0n) is 17.6. The highest BCUT2D eigenvalue weighted by molar-refractivity contribution is 6.05. The lowest BCUT2D eigenvalue weighted by Gasteiger charge is -2.19. The second-order valence-corrected chi connectivity index (χ2v) is 7.43. The van der Waals surface area contributed by atoms with Crippen LogP contribution in [-0.2, 0) is 11.4 Å². The first-order valence-electron chi connectivity index (χ1n) is 10.3. The Bertz CT molecular complexity index is 1130. The molecule has 1 aliphatic rings. The number of halogens is 1. The van der Waals surface area contributed by atoms with Crippen LogP contribution in [0.3, 0.4) is 0 Å². The van der Waals surface area contributed by atoms with Gasteiger partial charge in [0.05, 0.1) is 12.8 Å². The Morgan fingerprint density at radius 3 is 2.62 bits per heavy atom. The summed E-state index contributed by atoms with van der Waals surface area (Å²) in [6.45, 7) is 0.921. The lowest BCUT2D eigenvalue weighted by molar-refractivity contribution is -0.117. The fourth-order valence-electron chi connectivity index (χ4n) is 3.56. The number of nitrogens with one attached hydrogen (secondary N) is 1. The van der Waals surface area contributed by atoms with Gasteiger partial charge in [0, 0.05) is 30.3 Å². The van der Waals surface area contributed by atoms with E-state index in [4.69, 9.17) is 9.47 Å². The number of nitrogens with zero attached hydrogens (tertiary/aromatic N) is 1. The maximum Gasteiger partial charge on any atom is 0.255 e. The van der Waals surface area contributed by atoms with Crippen molar-refractivity contribution in [2.24, 2.45) is 0 Å². The third-order valence-corrected chi connectivity index (χ3v) is 5.22. The Kier molecular flexibility index (Phi) is 6.35. The van der Waals surface area contributed by atoms with E-state index in [0.717, 1.165) is 12.0 Å². The van der Waals surface area contributed by atoms with Gasteiger partial charge in [0.25, 0.3) is 5.91 Å². The molecule has 32 heavy (non-hydrogen) atoms. The summed E-state index contributed by atoms with van der Waals surface area (Å²) in [7, 11) is 1.53. The number of hydrogen-bond donors (Lipinski definition) is 1. The summed E-state index contributed by atoms with van der Waals surface area (Å²) in [5.41, 5.74) is 2.51. The molecule has 1 saturated heterocycles. The van der Waals surface area contributed by atoms with E-state index in [1.165, 1.54) is 19.2 Å². The Balaban J connectivity index is 1.44. The highest BCUT2D eigenvalue weighted by Gasteiger charge is 2.24. The summed E-state index contributed by atoms with van der Waals surface area (Å²) in [5, 5.41) is 2.85. The van der Waals surface area contributed by atoms with Gasteiger partial charge in [-0.2, -0.15) is 0 Å². The number of ether oxygens (including phenoxy) is 2. The fourth-order valence-corrected chi connectivity index (χ4v) is 3.56. The summed E-state index contributed by atoms with van der Waals surface area (Å²) in [6.07, 6.45) is 1.35. The predicted octanol–water partition coefficient (Wildman–Crippen LogP) is 4.79. The highest BCUT2D eigenvalue weighted by atomic mass is 19.1. The van der Waals surface area contributed by atoms with E-state index in [0.29, 0.717) is 41.4 Å². The van der Waals surface area contributed by atoms with Crippen LogP contribution in [0.2, 0.25) is 0 Å². The average Bonchev–Trinajstić information content (AvgIpc) is 3.24. The quantitative estimate of drug-likeness (QED) is 0.581. The minimum Gasteiger partial charge on any atom is -0.494 e. The van der Waals surface area contributed by atoms with Crippen LogP contribution in [0, 0.1) is 5.82 Å².